The van der Waals surface area contributed by atoms with Crippen molar-refractivity contribution >= 4 is 23.2 Å². The second kappa shape index (κ2) is 8.02. The summed E-state index contributed by atoms with van der Waals surface area (Å²) < 4.78 is 13.2. The molecule has 1 amide bonds. The molecule has 0 aliphatic carbocycles. The maximum absolute atomic E-state index is 13.2. The molecule has 142 valence electrons. The first-order valence-corrected chi connectivity index (χ1v) is 8.94. The Labute approximate surface area is 161 Å². The van der Waals surface area contributed by atoms with Crippen LogP contribution in [-0.4, -0.2) is 46.8 Å². The third kappa shape index (κ3) is 4.26. The molecule has 1 aliphatic heterocycles. The lowest BCUT2D eigenvalue weighted by molar-refractivity contribution is -0.385. The van der Waals surface area contributed by atoms with E-state index in [1.54, 1.807) is 24.0 Å². The highest BCUT2D eigenvalue weighted by molar-refractivity contribution is 6.31. The van der Waals surface area contributed by atoms with E-state index in [4.69, 9.17) is 11.6 Å². The van der Waals surface area contributed by atoms with Crippen LogP contribution in [0.25, 0.3) is 0 Å². The average Bonchev–Trinajstić information content (AvgIpc) is 2.64. The van der Waals surface area contributed by atoms with Gasteiger partial charge in [0.1, 0.15) is 5.82 Å². The molecule has 0 spiro atoms. The highest BCUT2D eigenvalue weighted by atomic mass is 35.5. The average molecular weight is 392 g/mol. The van der Waals surface area contributed by atoms with Gasteiger partial charge in [-0.2, -0.15) is 0 Å². The maximum atomic E-state index is 13.2. The van der Waals surface area contributed by atoms with Crippen LogP contribution in [0.5, 0.6) is 0 Å². The fraction of sp³-hybridized carbons (Fsp3) is 0.316. The standard InChI is InChI=1S/C19H19ClFN3O3/c1-13-16(3-2-4-18(13)24(26)27)19(25)23-9-7-22(8-10-23)12-14-5-6-15(21)11-17(14)20/h2-6,11H,7-10,12H2,1H3. The van der Waals surface area contributed by atoms with Gasteiger partial charge in [-0.15, -0.1) is 0 Å². The molecule has 0 aromatic heterocycles. The zero-order valence-electron chi connectivity index (χ0n) is 14.8. The number of halogens is 2. The molecule has 3 rings (SSSR count). The van der Waals surface area contributed by atoms with Crippen molar-refractivity contribution in [3.63, 3.8) is 0 Å². The quantitative estimate of drug-likeness (QED) is 0.589. The van der Waals surface area contributed by atoms with Gasteiger partial charge < -0.3 is 4.90 Å². The number of carbonyl (C=O) groups excluding carboxylic acids is 1. The second-order valence-corrected chi connectivity index (χ2v) is 6.92. The summed E-state index contributed by atoms with van der Waals surface area (Å²) in [7, 11) is 0. The molecule has 1 fully saturated rings. The molecule has 0 saturated carbocycles. The van der Waals surface area contributed by atoms with Gasteiger partial charge in [0, 0.05) is 54.9 Å². The molecule has 1 heterocycles. The fourth-order valence-corrected chi connectivity index (χ4v) is 3.45. The van der Waals surface area contributed by atoms with Crippen LogP contribution in [0.4, 0.5) is 10.1 Å². The van der Waals surface area contributed by atoms with Gasteiger partial charge in [-0.1, -0.05) is 23.7 Å². The van der Waals surface area contributed by atoms with Crippen LogP contribution in [0.2, 0.25) is 5.02 Å². The lowest BCUT2D eigenvalue weighted by atomic mass is 10.1. The number of nitro benzene ring substituents is 1. The molecule has 0 atom stereocenters. The van der Waals surface area contributed by atoms with Crippen molar-refractivity contribution in [2.45, 2.75) is 13.5 Å². The number of piperazine rings is 1. The van der Waals surface area contributed by atoms with E-state index >= 15 is 0 Å². The molecule has 1 saturated heterocycles. The summed E-state index contributed by atoms with van der Waals surface area (Å²) in [6, 6.07) is 8.90. The summed E-state index contributed by atoms with van der Waals surface area (Å²) in [5.41, 5.74) is 1.53. The minimum absolute atomic E-state index is 0.0505. The summed E-state index contributed by atoms with van der Waals surface area (Å²) in [6.45, 7) is 4.50. The summed E-state index contributed by atoms with van der Waals surface area (Å²) in [4.78, 5) is 27.2. The van der Waals surface area contributed by atoms with Gasteiger partial charge in [-0.05, 0) is 30.7 Å². The van der Waals surface area contributed by atoms with Crippen molar-refractivity contribution in [2.75, 3.05) is 26.2 Å². The third-order valence-electron chi connectivity index (χ3n) is 4.80. The third-order valence-corrected chi connectivity index (χ3v) is 5.15. The number of nitro groups is 1. The SMILES string of the molecule is Cc1c(C(=O)N2CCN(Cc3ccc(F)cc3Cl)CC2)cccc1[N+](=O)[O-]. The van der Waals surface area contributed by atoms with Crippen molar-refractivity contribution in [3.05, 3.63) is 74.0 Å². The largest absolute Gasteiger partial charge is 0.336 e. The first kappa shape index (κ1) is 19.3. The number of hydrogen-bond acceptors (Lipinski definition) is 4. The summed E-state index contributed by atoms with van der Waals surface area (Å²) in [5.74, 6) is -0.567. The van der Waals surface area contributed by atoms with Crippen LogP contribution >= 0.6 is 11.6 Å². The Balaban J connectivity index is 1.64. The molecule has 2 aromatic rings. The van der Waals surface area contributed by atoms with Gasteiger partial charge in [0.05, 0.1) is 4.92 Å². The van der Waals surface area contributed by atoms with Crippen LogP contribution in [0.3, 0.4) is 0 Å². The van der Waals surface area contributed by atoms with Gasteiger partial charge in [0.25, 0.3) is 11.6 Å². The minimum atomic E-state index is -0.476. The molecule has 27 heavy (non-hydrogen) atoms. The van der Waals surface area contributed by atoms with Gasteiger partial charge in [0.2, 0.25) is 0 Å². The van der Waals surface area contributed by atoms with E-state index in [0.717, 1.165) is 5.56 Å². The van der Waals surface area contributed by atoms with Crippen LogP contribution < -0.4 is 0 Å². The van der Waals surface area contributed by atoms with Gasteiger partial charge >= 0.3 is 0 Å². The van der Waals surface area contributed by atoms with Crippen LogP contribution in [-0.2, 0) is 6.54 Å². The summed E-state index contributed by atoms with van der Waals surface area (Å²) in [5, 5.41) is 11.5. The Morgan fingerprint density at radius 1 is 1.22 bits per heavy atom. The lowest BCUT2D eigenvalue weighted by Gasteiger charge is -2.35. The molecular formula is C19H19ClFN3O3. The fourth-order valence-electron chi connectivity index (χ4n) is 3.22. The molecule has 1 aliphatic rings. The normalized spacial score (nSPS) is 15.0. The minimum Gasteiger partial charge on any atom is -0.336 e. The van der Waals surface area contributed by atoms with E-state index in [0.29, 0.717) is 48.9 Å². The number of rotatable bonds is 4. The summed E-state index contributed by atoms with van der Waals surface area (Å²) in [6.07, 6.45) is 0. The second-order valence-electron chi connectivity index (χ2n) is 6.51. The summed E-state index contributed by atoms with van der Waals surface area (Å²) >= 11 is 6.08. The number of benzene rings is 2. The van der Waals surface area contributed by atoms with E-state index < -0.39 is 4.92 Å². The van der Waals surface area contributed by atoms with E-state index in [1.165, 1.54) is 24.3 Å². The smallest absolute Gasteiger partial charge is 0.273 e. The topological polar surface area (TPSA) is 66.7 Å². The van der Waals surface area contributed by atoms with Crippen LogP contribution in [0.1, 0.15) is 21.5 Å². The Morgan fingerprint density at radius 3 is 2.56 bits per heavy atom. The lowest BCUT2D eigenvalue weighted by Crippen LogP contribution is -2.48. The highest BCUT2D eigenvalue weighted by Crippen LogP contribution is 2.23. The molecule has 0 unspecified atom stereocenters. The van der Waals surface area contributed by atoms with Gasteiger partial charge in [0.15, 0.2) is 0 Å². The van der Waals surface area contributed by atoms with E-state index in [2.05, 4.69) is 4.90 Å². The molecule has 8 heteroatoms. The number of hydrogen-bond donors (Lipinski definition) is 0. The highest BCUT2D eigenvalue weighted by Gasteiger charge is 2.25. The number of nitrogens with zero attached hydrogens (tertiary/aromatic N) is 3. The van der Waals surface area contributed by atoms with E-state index in [1.807, 2.05) is 0 Å². The number of carbonyl (C=O) groups is 1. The van der Waals surface area contributed by atoms with Gasteiger partial charge in [-0.3, -0.25) is 19.8 Å². The zero-order chi connectivity index (χ0) is 19.6. The maximum Gasteiger partial charge on any atom is 0.273 e. The Hall–Kier alpha value is -2.51. The Bertz CT molecular complexity index is 882. The zero-order valence-corrected chi connectivity index (χ0v) is 15.6. The van der Waals surface area contributed by atoms with Crippen LogP contribution in [0, 0.1) is 22.9 Å². The van der Waals surface area contributed by atoms with Crippen molar-refractivity contribution in [2.24, 2.45) is 0 Å². The van der Waals surface area contributed by atoms with E-state index in [-0.39, 0.29) is 17.4 Å². The first-order chi connectivity index (χ1) is 12.9. The van der Waals surface area contributed by atoms with Crippen molar-refractivity contribution in [1.29, 1.82) is 0 Å². The molecular weight excluding hydrogens is 373 g/mol. The van der Waals surface area contributed by atoms with E-state index in [9.17, 15) is 19.3 Å². The molecule has 0 bridgehead atoms. The monoisotopic (exact) mass is 391 g/mol. The Morgan fingerprint density at radius 2 is 1.93 bits per heavy atom. The molecule has 2 aromatic carbocycles. The predicted octanol–water partition coefficient (Wildman–Crippen LogP) is 3.65. The Kier molecular flexibility index (Phi) is 5.72. The molecule has 6 nitrogen and oxygen atoms in total. The van der Waals surface area contributed by atoms with Crippen molar-refractivity contribution in [1.82, 2.24) is 9.80 Å². The molecule has 0 radical (unpaired) electrons. The number of amides is 1. The van der Waals surface area contributed by atoms with Gasteiger partial charge in [-0.25, -0.2) is 4.39 Å². The van der Waals surface area contributed by atoms with Crippen molar-refractivity contribution < 1.29 is 14.1 Å². The first-order valence-electron chi connectivity index (χ1n) is 8.56. The predicted molar refractivity (Wildman–Crippen MR) is 100 cm³/mol. The van der Waals surface area contributed by atoms with Crippen LogP contribution in [0.15, 0.2) is 36.4 Å². The molecule has 0 N–H and O–H groups in total. The van der Waals surface area contributed by atoms with Crippen molar-refractivity contribution in [3.8, 4) is 0 Å².